The molecule has 0 unspecified atom stereocenters. The number of benzene rings is 2. The van der Waals surface area contributed by atoms with E-state index in [1.807, 2.05) is 24.3 Å². The number of hydrogen-bond acceptors (Lipinski definition) is 8. The van der Waals surface area contributed by atoms with Crippen LogP contribution in [0.4, 0.5) is 22.9 Å². The molecule has 1 amide bonds. The molecule has 0 atom stereocenters. The normalized spacial score (nSPS) is 14.3. The first-order valence-electron chi connectivity index (χ1n) is 9.99. The number of piperazine rings is 1. The van der Waals surface area contributed by atoms with E-state index in [1.54, 1.807) is 24.3 Å². The van der Waals surface area contributed by atoms with Crippen molar-refractivity contribution in [3.8, 4) is 11.6 Å². The van der Waals surface area contributed by atoms with Gasteiger partial charge in [0.15, 0.2) is 11.5 Å². The highest BCUT2D eigenvalue weighted by atomic mass is 16.5. The molecule has 1 aromatic heterocycles. The van der Waals surface area contributed by atoms with Crippen LogP contribution in [0.1, 0.15) is 10.5 Å². The van der Waals surface area contributed by atoms with Crippen LogP contribution in [-0.2, 0) is 0 Å². The lowest BCUT2D eigenvalue weighted by molar-refractivity contribution is 0.0996. The Morgan fingerprint density at radius 1 is 1.10 bits per heavy atom. The molecule has 2 aromatic carbocycles. The summed E-state index contributed by atoms with van der Waals surface area (Å²) in [4.78, 5) is 25.0. The van der Waals surface area contributed by atoms with E-state index in [-0.39, 0.29) is 17.4 Å². The predicted octanol–water partition coefficient (Wildman–Crippen LogP) is 2.45. The van der Waals surface area contributed by atoms with Crippen LogP contribution in [0.25, 0.3) is 0 Å². The highest BCUT2D eigenvalue weighted by Crippen LogP contribution is 2.26. The van der Waals surface area contributed by atoms with Gasteiger partial charge >= 0.3 is 0 Å². The minimum atomic E-state index is -0.681. The third-order valence-corrected chi connectivity index (χ3v) is 5.06. The van der Waals surface area contributed by atoms with Crippen LogP contribution in [-0.4, -0.2) is 54.0 Å². The lowest BCUT2D eigenvalue weighted by atomic mass is 10.2. The zero-order valence-corrected chi connectivity index (χ0v) is 17.3. The molecule has 4 rings (SSSR count). The topological polar surface area (TPSA) is 123 Å². The largest absolute Gasteiger partial charge is 0.437 e. The maximum absolute atomic E-state index is 11.8. The molecule has 1 fully saturated rings. The van der Waals surface area contributed by atoms with Crippen LogP contribution in [0.3, 0.4) is 0 Å². The van der Waals surface area contributed by atoms with Gasteiger partial charge in [-0.3, -0.25) is 4.79 Å². The first-order chi connectivity index (χ1) is 15.0. The van der Waals surface area contributed by atoms with Gasteiger partial charge in [0.05, 0.1) is 6.20 Å². The Labute approximate surface area is 180 Å². The number of hydrogen-bond donors (Lipinski definition) is 3. The van der Waals surface area contributed by atoms with E-state index in [2.05, 4.69) is 32.1 Å². The van der Waals surface area contributed by atoms with Crippen LogP contribution >= 0.6 is 0 Å². The quantitative estimate of drug-likeness (QED) is 0.521. The molecule has 1 saturated heterocycles. The number of rotatable bonds is 6. The smallest absolute Gasteiger partial charge is 0.271 e. The van der Waals surface area contributed by atoms with Crippen molar-refractivity contribution in [2.45, 2.75) is 0 Å². The van der Waals surface area contributed by atoms with Gasteiger partial charge in [0.2, 0.25) is 5.88 Å². The number of nitrogen functional groups attached to an aromatic ring is 1. The maximum Gasteiger partial charge on any atom is 0.271 e. The second-order valence-electron chi connectivity index (χ2n) is 7.41. The number of nitrogens with zero attached hydrogens (tertiary/aromatic N) is 4. The molecule has 0 bridgehead atoms. The van der Waals surface area contributed by atoms with Gasteiger partial charge in [-0.05, 0) is 43.4 Å². The summed E-state index contributed by atoms with van der Waals surface area (Å²) in [5.41, 5.74) is 13.8. The Balaban J connectivity index is 1.53. The van der Waals surface area contributed by atoms with E-state index >= 15 is 0 Å². The number of carbonyl (C=O) groups excluding carboxylic acids is 1. The summed E-state index contributed by atoms with van der Waals surface area (Å²) in [5, 5.41) is 3.12. The molecule has 3 aromatic rings. The summed E-state index contributed by atoms with van der Waals surface area (Å²) in [7, 11) is 2.13. The van der Waals surface area contributed by atoms with E-state index in [1.165, 1.54) is 6.20 Å². The van der Waals surface area contributed by atoms with E-state index < -0.39 is 5.91 Å². The van der Waals surface area contributed by atoms with Crippen molar-refractivity contribution in [3.05, 3.63) is 60.4 Å². The number of amides is 1. The van der Waals surface area contributed by atoms with Crippen molar-refractivity contribution in [1.82, 2.24) is 14.9 Å². The van der Waals surface area contributed by atoms with Crippen LogP contribution < -0.4 is 26.4 Å². The first-order valence-corrected chi connectivity index (χ1v) is 9.99. The molecule has 1 aliphatic heterocycles. The Morgan fingerprint density at radius 2 is 1.84 bits per heavy atom. The molecule has 0 spiro atoms. The Bertz CT molecular complexity index is 1060. The molecule has 5 N–H and O–H groups in total. The predicted molar refractivity (Wildman–Crippen MR) is 121 cm³/mol. The highest BCUT2D eigenvalue weighted by Gasteiger charge is 2.16. The second kappa shape index (κ2) is 8.88. The monoisotopic (exact) mass is 419 g/mol. The maximum atomic E-state index is 11.8. The van der Waals surface area contributed by atoms with E-state index in [4.69, 9.17) is 16.2 Å². The number of ether oxygens (including phenoxy) is 1. The highest BCUT2D eigenvalue weighted by molar-refractivity contribution is 5.96. The molecule has 0 saturated carbocycles. The summed E-state index contributed by atoms with van der Waals surface area (Å²) in [6, 6.07) is 14.9. The lowest BCUT2D eigenvalue weighted by Crippen LogP contribution is -2.44. The van der Waals surface area contributed by atoms with Gasteiger partial charge in [0, 0.05) is 49.3 Å². The fourth-order valence-electron chi connectivity index (χ4n) is 3.35. The number of likely N-dealkylation sites (N-methyl/N-ethyl adjacent to an activating group) is 1. The Hall–Kier alpha value is -3.85. The summed E-state index contributed by atoms with van der Waals surface area (Å²) < 4.78 is 5.72. The van der Waals surface area contributed by atoms with Crippen molar-refractivity contribution < 1.29 is 9.53 Å². The number of nitrogens with one attached hydrogen (secondary N) is 1. The van der Waals surface area contributed by atoms with Gasteiger partial charge in [-0.1, -0.05) is 6.07 Å². The van der Waals surface area contributed by atoms with Crippen molar-refractivity contribution in [1.29, 1.82) is 0 Å². The standard InChI is InChI=1S/C22H25N7O2/c1-28-9-11-29(12-10-28)17-7-5-16(6-8-17)26-22-20(21(24)30)25-14-19(27-22)31-18-4-2-3-15(23)13-18/h2-8,13-14H,9-12,23H2,1H3,(H2,24,30)(H,26,27). The Morgan fingerprint density at radius 3 is 2.52 bits per heavy atom. The van der Waals surface area contributed by atoms with E-state index in [9.17, 15) is 4.79 Å². The summed E-state index contributed by atoms with van der Waals surface area (Å²) in [5.74, 6) is 0.275. The number of carbonyl (C=O) groups is 1. The van der Waals surface area contributed by atoms with Crippen molar-refractivity contribution in [2.75, 3.05) is 49.2 Å². The van der Waals surface area contributed by atoms with Gasteiger partial charge in [-0.25, -0.2) is 4.98 Å². The third-order valence-electron chi connectivity index (χ3n) is 5.06. The molecular weight excluding hydrogens is 394 g/mol. The van der Waals surface area contributed by atoms with Crippen molar-refractivity contribution in [3.63, 3.8) is 0 Å². The van der Waals surface area contributed by atoms with Gasteiger partial charge in [-0.15, -0.1) is 0 Å². The summed E-state index contributed by atoms with van der Waals surface area (Å²) in [6.45, 7) is 4.06. The second-order valence-corrected chi connectivity index (χ2v) is 7.41. The van der Waals surface area contributed by atoms with Gasteiger partial charge in [0.25, 0.3) is 5.91 Å². The summed E-state index contributed by atoms with van der Waals surface area (Å²) in [6.07, 6.45) is 1.35. The van der Waals surface area contributed by atoms with Crippen LogP contribution in [0, 0.1) is 0 Å². The summed E-state index contributed by atoms with van der Waals surface area (Å²) >= 11 is 0. The zero-order valence-electron chi connectivity index (χ0n) is 17.3. The average molecular weight is 419 g/mol. The van der Waals surface area contributed by atoms with Crippen LogP contribution in [0.2, 0.25) is 0 Å². The van der Waals surface area contributed by atoms with Crippen LogP contribution in [0.15, 0.2) is 54.7 Å². The zero-order chi connectivity index (χ0) is 21.8. The van der Waals surface area contributed by atoms with Crippen molar-refractivity contribution >= 4 is 28.8 Å². The Kier molecular flexibility index (Phi) is 5.85. The van der Waals surface area contributed by atoms with Crippen LogP contribution in [0.5, 0.6) is 11.6 Å². The SMILES string of the molecule is CN1CCN(c2ccc(Nc3nc(Oc4cccc(N)c4)cnc3C(N)=O)cc2)CC1. The molecule has 160 valence electrons. The van der Waals surface area contributed by atoms with Gasteiger partial charge in [-0.2, -0.15) is 4.98 Å². The first kappa shape index (κ1) is 20.4. The van der Waals surface area contributed by atoms with Crippen molar-refractivity contribution in [2.24, 2.45) is 5.73 Å². The van der Waals surface area contributed by atoms with Gasteiger partial charge < -0.3 is 31.3 Å². The lowest BCUT2D eigenvalue weighted by Gasteiger charge is -2.34. The molecule has 31 heavy (non-hydrogen) atoms. The average Bonchev–Trinajstić information content (AvgIpc) is 2.75. The minimum Gasteiger partial charge on any atom is -0.437 e. The van der Waals surface area contributed by atoms with E-state index in [0.717, 1.165) is 37.6 Å². The number of primary amides is 1. The third kappa shape index (κ3) is 5.01. The fraction of sp³-hybridized carbons (Fsp3) is 0.227. The number of aromatic nitrogens is 2. The molecular formula is C22H25N7O2. The van der Waals surface area contributed by atoms with Gasteiger partial charge in [0.1, 0.15) is 5.75 Å². The minimum absolute atomic E-state index is 0.0306. The molecule has 9 nitrogen and oxygen atoms in total. The molecule has 2 heterocycles. The number of anilines is 4. The number of nitrogens with two attached hydrogens (primary N) is 2. The molecule has 0 aliphatic carbocycles. The molecule has 1 aliphatic rings. The molecule has 0 radical (unpaired) electrons. The molecule has 9 heteroatoms. The fourth-order valence-corrected chi connectivity index (χ4v) is 3.35. The van der Waals surface area contributed by atoms with E-state index in [0.29, 0.717) is 11.4 Å².